The van der Waals surface area contributed by atoms with Gasteiger partial charge in [-0.1, -0.05) is 19.1 Å². The standard InChI is InChI=1S/C20H30N4O2S/c1-6-15(4)21-19(25)10-11-24(14(2)3)20-22-18(23-27-20)13-16-8-7-9-17(12-16)26-5/h7-9,12,14-15H,6,10-11,13H2,1-5H3,(H,21,25)/t15-/m1/s1. The van der Waals surface area contributed by atoms with Crippen LogP contribution in [0.15, 0.2) is 24.3 Å². The first-order valence-corrected chi connectivity index (χ1v) is 10.2. The maximum Gasteiger partial charge on any atom is 0.221 e. The minimum atomic E-state index is 0.0797. The molecule has 148 valence electrons. The lowest BCUT2D eigenvalue weighted by atomic mass is 10.1. The molecule has 0 unspecified atom stereocenters. The Hall–Kier alpha value is -2.15. The molecule has 0 aliphatic rings. The van der Waals surface area contributed by atoms with Crippen LogP contribution in [0.3, 0.4) is 0 Å². The highest BCUT2D eigenvalue weighted by Crippen LogP contribution is 2.22. The second-order valence-corrected chi connectivity index (χ2v) is 7.67. The van der Waals surface area contributed by atoms with Gasteiger partial charge in [0.1, 0.15) is 11.6 Å². The zero-order valence-electron chi connectivity index (χ0n) is 16.9. The fourth-order valence-corrected chi connectivity index (χ4v) is 3.49. The number of nitrogens with one attached hydrogen (secondary N) is 1. The van der Waals surface area contributed by atoms with E-state index in [1.807, 2.05) is 31.2 Å². The van der Waals surface area contributed by atoms with Crippen molar-refractivity contribution in [2.75, 3.05) is 18.6 Å². The number of hydrogen-bond acceptors (Lipinski definition) is 6. The highest BCUT2D eigenvalue weighted by Gasteiger charge is 2.18. The Morgan fingerprint density at radius 1 is 1.33 bits per heavy atom. The molecule has 0 aliphatic carbocycles. The van der Waals surface area contributed by atoms with Gasteiger partial charge >= 0.3 is 0 Å². The Bertz CT molecular complexity index is 732. The summed E-state index contributed by atoms with van der Waals surface area (Å²) < 4.78 is 9.78. The second kappa shape index (κ2) is 10.3. The summed E-state index contributed by atoms with van der Waals surface area (Å²) in [5.74, 6) is 1.70. The van der Waals surface area contributed by atoms with Crippen LogP contribution >= 0.6 is 11.5 Å². The quantitative estimate of drug-likeness (QED) is 0.671. The van der Waals surface area contributed by atoms with Crippen LogP contribution in [0.2, 0.25) is 0 Å². The fraction of sp³-hybridized carbons (Fsp3) is 0.550. The van der Waals surface area contributed by atoms with Gasteiger partial charge in [0.15, 0.2) is 0 Å². The van der Waals surface area contributed by atoms with E-state index in [0.29, 0.717) is 19.4 Å². The molecule has 1 aromatic heterocycles. The minimum absolute atomic E-state index is 0.0797. The van der Waals surface area contributed by atoms with Crippen molar-refractivity contribution in [3.05, 3.63) is 35.7 Å². The lowest BCUT2D eigenvalue weighted by molar-refractivity contribution is -0.121. The van der Waals surface area contributed by atoms with Crippen LogP contribution in [-0.2, 0) is 11.2 Å². The largest absolute Gasteiger partial charge is 0.497 e. The summed E-state index contributed by atoms with van der Waals surface area (Å²) in [4.78, 5) is 18.9. The molecule has 0 spiro atoms. The van der Waals surface area contributed by atoms with Crippen molar-refractivity contribution in [2.24, 2.45) is 0 Å². The highest BCUT2D eigenvalue weighted by atomic mass is 32.1. The summed E-state index contributed by atoms with van der Waals surface area (Å²) in [6, 6.07) is 8.40. The monoisotopic (exact) mass is 390 g/mol. The van der Waals surface area contributed by atoms with Crippen LogP contribution in [0.25, 0.3) is 0 Å². The Morgan fingerprint density at radius 3 is 2.78 bits per heavy atom. The molecule has 7 heteroatoms. The van der Waals surface area contributed by atoms with Crippen LogP contribution in [0.5, 0.6) is 5.75 Å². The third kappa shape index (κ3) is 6.50. The number of carbonyl (C=O) groups excluding carboxylic acids is 1. The van der Waals surface area contributed by atoms with Gasteiger partial charge < -0.3 is 15.0 Å². The molecular weight excluding hydrogens is 360 g/mol. The molecule has 0 saturated heterocycles. The number of carbonyl (C=O) groups is 1. The van der Waals surface area contributed by atoms with Gasteiger partial charge in [-0.2, -0.15) is 4.37 Å². The van der Waals surface area contributed by atoms with E-state index < -0.39 is 0 Å². The number of amides is 1. The van der Waals surface area contributed by atoms with E-state index in [-0.39, 0.29) is 18.0 Å². The number of aromatic nitrogens is 2. The highest BCUT2D eigenvalue weighted by molar-refractivity contribution is 7.09. The van der Waals surface area contributed by atoms with Gasteiger partial charge in [-0.05, 0) is 44.9 Å². The number of ether oxygens (including phenoxy) is 1. The Balaban J connectivity index is 2.00. The van der Waals surface area contributed by atoms with Crippen molar-refractivity contribution >= 4 is 22.6 Å². The van der Waals surface area contributed by atoms with Crippen LogP contribution in [-0.4, -0.2) is 41.0 Å². The van der Waals surface area contributed by atoms with E-state index in [9.17, 15) is 4.79 Å². The third-order valence-electron chi connectivity index (χ3n) is 4.42. The number of nitrogens with zero attached hydrogens (tertiary/aromatic N) is 3. The maximum absolute atomic E-state index is 12.1. The van der Waals surface area contributed by atoms with Gasteiger partial charge in [-0.3, -0.25) is 4.79 Å². The maximum atomic E-state index is 12.1. The number of hydrogen-bond donors (Lipinski definition) is 1. The molecule has 2 rings (SSSR count). The van der Waals surface area contributed by atoms with Gasteiger partial charge in [0.25, 0.3) is 0 Å². The molecule has 27 heavy (non-hydrogen) atoms. The van der Waals surface area contributed by atoms with Crippen LogP contribution in [0.1, 0.15) is 51.9 Å². The molecule has 2 aromatic rings. The van der Waals surface area contributed by atoms with E-state index in [4.69, 9.17) is 9.72 Å². The molecule has 0 saturated carbocycles. The number of anilines is 1. The van der Waals surface area contributed by atoms with E-state index in [2.05, 4.69) is 35.4 Å². The van der Waals surface area contributed by atoms with Gasteiger partial charge in [0.05, 0.1) is 7.11 Å². The van der Waals surface area contributed by atoms with E-state index in [0.717, 1.165) is 28.7 Å². The molecule has 0 fully saturated rings. The SMILES string of the molecule is CC[C@@H](C)NC(=O)CCN(c1nc(Cc2cccc(OC)c2)ns1)C(C)C. The summed E-state index contributed by atoms with van der Waals surface area (Å²) in [5.41, 5.74) is 1.11. The molecule has 1 N–H and O–H groups in total. The smallest absolute Gasteiger partial charge is 0.221 e. The average Bonchev–Trinajstić information content (AvgIpc) is 3.09. The van der Waals surface area contributed by atoms with Crippen molar-refractivity contribution in [3.8, 4) is 5.75 Å². The zero-order valence-corrected chi connectivity index (χ0v) is 17.7. The first kappa shape index (κ1) is 21.2. The molecule has 1 atom stereocenters. The van der Waals surface area contributed by atoms with Crippen molar-refractivity contribution in [1.82, 2.24) is 14.7 Å². The van der Waals surface area contributed by atoms with Gasteiger partial charge in [-0.25, -0.2) is 4.98 Å². The predicted molar refractivity (Wildman–Crippen MR) is 111 cm³/mol. The first-order chi connectivity index (χ1) is 12.9. The second-order valence-electron chi connectivity index (χ2n) is 6.94. The number of methoxy groups -OCH3 is 1. The summed E-state index contributed by atoms with van der Waals surface area (Å²) in [6.07, 6.45) is 2.05. The zero-order chi connectivity index (χ0) is 19.8. The topological polar surface area (TPSA) is 67.4 Å². The number of rotatable bonds is 10. The molecular formula is C20H30N4O2S. The van der Waals surface area contributed by atoms with Crippen LogP contribution < -0.4 is 15.0 Å². The van der Waals surface area contributed by atoms with Crippen molar-refractivity contribution in [1.29, 1.82) is 0 Å². The molecule has 1 amide bonds. The molecule has 0 aliphatic heterocycles. The molecule has 1 heterocycles. The summed E-state index contributed by atoms with van der Waals surface area (Å²) in [5, 5.41) is 3.87. The average molecular weight is 391 g/mol. The lowest BCUT2D eigenvalue weighted by Crippen LogP contribution is -2.37. The Kier molecular flexibility index (Phi) is 8.03. The molecule has 6 nitrogen and oxygen atoms in total. The predicted octanol–water partition coefficient (Wildman–Crippen LogP) is 3.66. The van der Waals surface area contributed by atoms with Gasteiger partial charge in [-0.15, -0.1) is 0 Å². The molecule has 1 aromatic carbocycles. The first-order valence-electron chi connectivity index (χ1n) is 9.44. The Labute approximate surface area is 166 Å². The summed E-state index contributed by atoms with van der Waals surface area (Å²) in [6.45, 7) is 8.93. The summed E-state index contributed by atoms with van der Waals surface area (Å²) in [7, 11) is 1.66. The van der Waals surface area contributed by atoms with Gasteiger partial charge in [0.2, 0.25) is 11.0 Å². The van der Waals surface area contributed by atoms with Crippen LogP contribution in [0.4, 0.5) is 5.13 Å². The molecule has 0 bridgehead atoms. The van der Waals surface area contributed by atoms with Gasteiger partial charge in [0, 0.05) is 43.0 Å². The van der Waals surface area contributed by atoms with Crippen molar-refractivity contribution < 1.29 is 9.53 Å². The van der Waals surface area contributed by atoms with E-state index in [1.165, 1.54) is 11.5 Å². The number of benzene rings is 1. The molecule has 0 radical (unpaired) electrons. The lowest BCUT2D eigenvalue weighted by Gasteiger charge is -2.25. The minimum Gasteiger partial charge on any atom is -0.497 e. The Morgan fingerprint density at radius 2 is 2.11 bits per heavy atom. The fourth-order valence-electron chi connectivity index (χ4n) is 2.64. The third-order valence-corrected chi connectivity index (χ3v) is 5.21. The summed E-state index contributed by atoms with van der Waals surface area (Å²) >= 11 is 1.39. The van der Waals surface area contributed by atoms with Crippen LogP contribution in [0, 0.1) is 0 Å². The van der Waals surface area contributed by atoms with E-state index in [1.54, 1.807) is 7.11 Å². The normalized spacial score (nSPS) is 12.1. The van der Waals surface area contributed by atoms with Crippen molar-refractivity contribution in [3.63, 3.8) is 0 Å². The van der Waals surface area contributed by atoms with Crippen molar-refractivity contribution in [2.45, 2.75) is 59.0 Å². The van der Waals surface area contributed by atoms with E-state index >= 15 is 0 Å².